The van der Waals surface area contributed by atoms with Gasteiger partial charge in [0.1, 0.15) is 11.7 Å². The predicted molar refractivity (Wildman–Crippen MR) is 153 cm³/mol. The first-order valence-electron chi connectivity index (χ1n) is 13.3. The van der Waals surface area contributed by atoms with E-state index in [4.69, 9.17) is 19.4 Å². The van der Waals surface area contributed by atoms with E-state index in [1.54, 1.807) is 13.8 Å². The van der Waals surface area contributed by atoms with Crippen LogP contribution >= 0.6 is 0 Å². The number of esters is 2. The number of amides is 1. The maximum atomic E-state index is 12.7. The summed E-state index contributed by atoms with van der Waals surface area (Å²) in [5.41, 5.74) is 4.79. The third-order valence-electron chi connectivity index (χ3n) is 6.05. The van der Waals surface area contributed by atoms with Crippen LogP contribution in [0.5, 0.6) is 0 Å². The van der Waals surface area contributed by atoms with Gasteiger partial charge in [-0.2, -0.15) is 0 Å². The van der Waals surface area contributed by atoms with Crippen LogP contribution in [-0.2, 0) is 30.3 Å². The highest BCUT2D eigenvalue weighted by molar-refractivity contribution is 5.87. The summed E-state index contributed by atoms with van der Waals surface area (Å²) in [6.45, 7) is 3.82. The van der Waals surface area contributed by atoms with Gasteiger partial charge < -0.3 is 20.1 Å². The van der Waals surface area contributed by atoms with Gasteiger partial charge in [-0.15, -0.1) is 0 Å². The van der Waals surface area contributed by atoms with Crippen LogP contribution in [0.3, 0.4) is 0 Å². The number of nitrogens with zero attached hydrogens (tertiary/aromatic N) is 2. The summed E-state index contributed by atoms with van der Waals surface area (Å²) in [6, 6.07) is 24.0. The van der Waals surface area contributed by atoms with Crippen molar-refractivity contribution in [2.75, 3.05) is 18.5 Å². The van der Waals surface area contributed by atoms with Crippen LogP contribution in [0.4, 0.5) is 11.5 Å². The molecule has 0 unspecified atom stereocenters. The van der Waals surface area contributed by atoms with Crippen molar-refractivity contribution < 1.29 is 23.9 Å². The number of para-hydroxylation sites is 2. The Morgan fingerprint density at radius 3 is 2.12 bits per heavy atom. The number of ether oxygens (including phenoxy) is 2. The fourth-order valence-corrected chi connectivity index (χ4v) is 4.15. The highest BCUT2D eigenvalue weighted by atomic mass is 16.5. The number of hydrogen-bond acceptors (Lipinski definition) is 8. The average molecular weight is 541 g/mol. The number of fused-ring (bicyclic) bond motifs is 1. The summed E-state index contributed by atoms with van der Waals surface area (Å²) in [7, 11) is 0. The minimum Gasteiger partial charge on any atom is -0.466 e. The van der Waals surface area contributed by atoms with E-state index >= 15 is 0 Å². The summed E-state index contributed by atoms with van der Waals surface area (Å²) in [5, 5.41) is 6.05. The van der Waals surface area contributed by atoms with Crippen LogP contribution in [-0.4, -0.2) is 47.1 Å². The first-order chi connectivity index (χ1) is 19.5. The van der Waals surface area contributed by atoms with Crippen molar-refractivity contribution in [2.45, 2.75) is 39.2 Å². The molecule has 1 heterocycles. The maximum Gasteiger partial charge on any atom is 0.328 e. The van der Waals surface area contributed by atoms with Crippen LogP contribution in [0.15, 0.2) is 78.9 Å². The largest absolute Gasteiger partial charge is 0.466 e. The molecule has 1 aromatic heterocycles. The zero-order chi connectivity index (χ0) is 28.3. The summed E-state index contributed by atoms with van der Waals surface area (Å²) >= 11 is 0. The molecule has 9 heteroatoms. The second-order valence-electron chi connectivity index (χ2n) is 8.99. The molecule has 1 atom stereocenters. The number of anilines is 2. The third-order valence-corrected chi connectivity index (χ3v) is 6.05. The van der Waals surface area contributed by atoms with Gasteiger partial charge >= 0.3 is 11.9 Å². The molecule has 9 nitrogen and oxygen atoms in total. The lowest BCUT2D eigenvalue weighted by molar-refractivity contribution is -0.148. The number of rotatable bonds is 12. The van der Waals surface area contributed by atoms with E-state index in [2.05, 4.69) is 10.6 Å². The highest BCUT2D eigenvalue weighted by Crippen LogP contribution is 2.29. The van der Waals surface area contributed by atoms with Crippen molar-refractivity contribution in [3.8, 4) is 11.3 Å². The zero-order valence-electron chi connectivity index (χ0n) is 22.6. The number of carbonyl (C=O) groups excluding carboxylic acids is 3. The maximum absolute atomic E-state index is 12.7. The Balaban J connectivity index is 1.45. The average Bonchev–Trinajstić information content (AvgIpc) is 2.96. The summed E-state index contributed by atoms with van der Waals surface area (Å²) in [6.07, 6.45) is 0.157. The Labute approximate surface area is 232 Å². The van der Waals surface area contributed by atoms with Crippen LogP contribution in [0, 0.1) is 0 Å². The molecule has 4 rings (SSSR count). The number of nitrogens with one attached hydrogen (secondary N) is 2. The standard InChI is InChI=1S/C31H32N4O5/c1-3-39-28(37)19-18-26(31(38)40-4-2)33-27(36)20-21-14-16-23(17-15-21)32-30-29(22-10-6-5-7-11-22)34-24-12-8-9-13-25(24)35-30/h5-17,26H,3-4,18-20H2,1-2H3,(H,32,35)(H,33,36)/t26-/m0/s1. The number of carbonyl (C=O) groups is 3. The molecule has 0 radical (unpaired) electrons. The van der Waals surface area contributed by atoms with Gasteiger partial charge in [0.15, 0.2) is 5.82 Å². The van der Waals surface area contributed by atoms with E-state index in [0.29, 0.717) is 5.82 Å². The first-order valence-corrected chi connectivity index (χ1v) is 13.3. The fraction of sp³-hybridized carbons (Fsp3) is 0.258. The normalized spacial score (nSPS) is 11.4. The Morgan fingerprint density at radius 1 is 0.800 bits per heavy atom. The molecule has 40 heavy (non-hydrogen) atoms. The molecular formula is C31H32N4O5. The molecule has 2 N–H and O–H groups in total. The fourth-order valence-electron chi connectivity index (χ4n) is 4.15. The van der Waals surface area contributed by atoms with Gasteiger partial charge in [0, 0.05) is 17.7 Å². The molecule has 0 spiro atoms. The molecule has 0 aliphatic rings. The zero-order valence-corrected chi connectivity index (χ0v) is 22.6. The van der Waals surface area contributed by atoms with Crippen molar-refractivity contribution in [2.24, 2.45) is 0 Å². The minimum atomic E-state index is -0.930. The number of benzene rings is 3. The Hall–Kier alpha value is -4.79. The lowest BCUT2D eigenvalue weighted by Gasteiger charge is -2.17. The van der Waals surface area contributed by atoms with Gasteiger partial charge in [-0.05, 0) is 50.1 Å². The summed E-state index contributed by atoms with van der Waals surface area (Å²) in [5.74, 6) is -0.741. The Bertz CT molecular complexity index is 1460. The predicted octanol–water partition coefficient (Wildman–Crippen LogP) is 4.97. The second-order valence-corrected chi connectivity index (χ2v) is 8.99. The number of hydrogen-bond donors (Lipinski definition) is 2. The van der Waals surface area contributed by atoms with Gasteiger partial charge in [-0.25, -0.2) is 14.8 Å². The highest BCUT2D eigenvalue weighted by Gasteiger charge is 2.23. The topological polar surface area (TPSA) is 120 Å². The first kappa shape index (κ1) is 28.2. The SMILES string of the molecule is CCOC(=O)CC[C@H](NC(=O)Cc1ccc(Nc2nc3ccccc3nc2-c2ccccc2)cc1)C(=O)OCC. The van der Waals surface area contributed by atoms with E-state index in [1.165, 1.54) is 0 Å². The van der Waals surface area contributed by atoms with Crippen molar-refractivity contribution in [1.82, 2.24) is 15.3 Å². The third kappa shape index (κ3) is 7.63. The second kappa shape index (κ2) is 13.8. The van der Waals surface area contributed by atoms with E-state index < -0.39 is 18.0 Å². The lowest BCUT2D eigenvalue weighted by atomic mass is 10.1. The summed E-state index contributed by atoms with van der Waals surface area (Å²) < 4.78 is 9.98. The molecule has 206 valence electrons. The Kier molecular flexibility index (Phi) is 9.77. The molecule has 1 amide bonds. The molecule has 0 aliphatic carbocycles. The van der Waals surface area contributed by atoms with Crippen molar-refractivity contribution in [3.63, 3.8) is 0 Å². The quantitative estimate of drug-likeness (QED) is 0.242. The van der Waals surface area contributed by atoms with E-state index in [1.807, 2.05) is 78.9 Å². The van der Waals surface area contributed by atoms with Gasteiger partial charge in [-0.1, -0.05) is 54.6 Å². The van der Waals surface area contributed by atoms with Gasteiger partial charge in [0.25, 0.3) is 0 Å². The molecule has 0 fully saturated rings. The van der Waals surface area contributed by atoms with Gasteiger partial charge in [0.05, 0.1) is 30.7 Å². The molecule has 4 aromatic rings. The molecule has 0 saturated carbocycles. The van der Waals surface area contributed by atoms with Crippen LogP contribution < -0.4 is 10.6 Å². The van der Waals surface area contributed by atoms with E-state index in [0.717, 1.165) is 33.5 Å². The molecule has 0 aliphatic heterocycles. The van der Waals surface area contributed by atoms with Crippen LogP contribution in [0.1, 0.15) is 32.3 Å². The number of aromatic nitrogens is 2. The van der Waals surface area contributed by atoms with Crippen LogP contribution in [0.2, 0.25) is 0 Å². The van der Waals surface area contributed by atoms with Crippen LogP contribution in [0.25, 0.3) is 22.3 Å². The molecule has 0 bridgehead atoms. The monoisotopic (exact) mass is 540 g/mol. The molecule has 0 saturated heterocycles. The van der Waals surface area contributed by atoms with Crippen molar-refractivity contribution in [1.29, 1.82) is 0 Å². The lowest BCUT2D eigenvalue weighted by Crippen LogP contribution is -2.43. The molecular weight excluding hydrogens is 508 g/mol. The van der Waals surface area contributed by atoms with Gasteiger partial charge in [-0.3, -0.25) is 9.59 Å². The van der Waals surface area contributed by atoms with Gasteiger partial charge in [0.2, 0.25) is 5.91 Å². The smallest absolute Gasteiger partial charge is 0.328 e. The van der Waals surface area contributed by atoms with E-state index in [9.17, 15) is 14.4 Å². The van der Waals surface area contributed by atoms with Crippen molar-refractivity contribution >= 4 is 40.4 Å². The minimum absolute atomic E-state index is 0.000597. The Morgan fingerprint density at radius 2 is 1.45 bits per heavy atom. The summed E-state index contributed by atoms with van der Waals surface area (Å²) in [4.78, 5) is 46.4. The molecule has 3 aromatic carbocycles. The van der Waals surface area contributed by atoms with E-state index in [-0.39, 0.29) is 38.4 Å². The van der Waals surface area contributed by atoms with Crippen molar-refractivity contribution in [3.05, 3.63) is 84.4 Å².